The van der Waals surface area contributed by atoms with Crippen molar-refractivity contribution in [3.63, 3.8) is 0 Å². The fourth-order valence-corrected chi connectivity index (χ4v) is 2.47. The van der Waals surface area contributed by atoms with Gasteiger partial charge < -0.3 is 15.2 Å². The van der Waals surface area contributed by atoms with E-state index in [1.165, 1.54) is 0 Å². The molecule has 1 heterocycles. The highest BCUT2D eigenvalue weighted by molar-refractivity contribution is 5.92. The van der Waals surface area contributed by atoms with Crippen LogP contribution in [0.25, 0.3) is 0 Å². The summed E-state index contributed by atoms with van der Waals surface area (Å²) in [6, 6.07) is 7.35. The van der Waals surface area contributed by atoms with Gasteiger partial charge in [0.05, 0.1) is 18.9 Å². The first-order valence-electron chi connectivity index (χ1n) is 7.26. The van der Waals surface area contributed by atoms with Crippen LogP contribution in [0.2, 0.25) is 0 Å². The van der Waals surface area contributed by atoms with Crippen molar-refractivity contribution in [2.45, 2.75) is 32.1 Å². The molecule has 1 aliphatic rings. The molecule has 1 aromatic carbocycles. The summed E-state index contributed by atoms with van der Waals surface area (Å²) < 4.78 is 5.31. The Labute approximate surface area is 124 Å². The predicted molar refractivity (Wildman–Crippen MR) is 79.3 cm³/mol. The fraction of sp³-hybridized carbons (Fsp3) is 0.500. The largest absolute Gasteiger partial charge is 0.481 e. The lowest BCUT2D eigenvalue weighted by Crippen LogP contribution is -2.30. The summed E-state index contributed by atoms with van der Waals surface area (Å²) in [7, 11) is 0. The molecule has 0 aliphatic carbocycles. The van der Waals surface area contributed by atoms with Gasteiger partial charge in [0.15, 0.2) is 0 Å². The lowest BCUT2D eigenvalue weighted by atomic mass is 9.97. The van der Waals surface area contributed by atoms with Crippen molar-refractivity contribution >= 4 is 17.6 Å². The van der Waals surface area contributed by atoms with E-state index in [2.05, 4.69) is 5.32 Å². The molecule has 1 amide bonds. The van der Waals surface area contributed by atoms with E-state index < -0.39 is 5.97 Å². The Morgan fingerprint density at radius 1 is 1.38 bits per heavy atom. The van der Waals surface area contributed by atoms with E-state index in [-0.39, 0.29) is 24.2 Å². The number of rotatable bonds is 5. The van der Waals surface area contributed by atoms with Gasteiger partial charge in [-0.05, 0) is 36.5 Å². The third-order valence-electron chi connectivity index (χ3n) is 3.76. The predicted octanol–water partition coefficient (Wildman–Crippen LogP) is 2.63. The maximum absolute atomic E-state index is 12.1. The first-order chi connectivity index (χ1) is 10.1. The molecule has 0 spiro atoms. The van der Waals surface area contributed by atoms with Crippen molar-refractivity contribution in [2.75, 3.05) is 18.5 Å². The first kappa shape index (κ1) is 15.5. The number of carboxylic acid groups (broad SMARTS) is 1. The molecular formula is C16H21NO4. The average molecular weight is 291 g/mol. The third kappa shape index (κ3) is 4.56. The lowest BCUT2D eigenvalue weighted by molar-refractivity contribution is -0.137. The van der Waals surface area contributed by atoms with Crippen LogP contribution in [0.1, 0.15) is 37.7 Å². The molecule has 2 unspecified atom stereocenters. The fourth-order valence-electron chi connectivity index (χ4n) is 2.47. The zero-order chi connectivity index (χ0) is 15.2. The van der Waals surface area contributed by atoms with Crippen LogP contribution in [0.4, 0.5) is 5.69 Å². The number of hydrogen-bond acceptors (Lipinski definition) is 3. The molecule has 5 heteroatoms. The SMILES string of the molecule is CC(CC(=O)O)c1ccc(NC(=O)C2CCCOC2)cc1. The van der Waals surface area contributed by atoms with Gasteiger partial charge in [0.1, 0.15) is 0 Å². The van der Waals surface area contributed by atoms with Crippen molar-refractivity contribution in [1.29, 1.82) is 0 Å². The molecule has 0 saturated carbocycles. The molecule has 0 radical (unpaired) electrons. The molecule has 114 valence electrons. The van der Waals surface area contributed by atoms with Gasteiger partial charge in [-0.3, -0.25) is 9.59 Å². The van der Waals surface area contributed by atoms with Gasteiger partial charge in [0.2, 0.25) is 5.91 Å². The minimum absolute atomic E-state index is 0.0129. The second kappa shape index (κ2) is 7.22. The molecule has 2 rings (SSSR count). The molecular weight excluding hydrogens is 270 g/mol. The Kier molecular flexibility index (Phi) is 5.33. The molecule has 2 atom stereocenters. The molecule has 1 aliphatic heterocycles. The summed E-state index contributed by atoms with van der Waals surface area (Å²) in [5, 5.41) is 11.7. The summed E-state index contributed by atoms with van der Waals surface area (Å²) in [5.74, 6) is -0.943. The van der Waals surface area contributed by atoms with Gasteiger partial charge >= 0.3 is 5.97 Å². The van der Waals surface area contributed by atoms with Crippen LogP contribution in [0, 0.1) is 5.92 Å². The molecule has 1 fully saturated rings. The smallest absolute Gasteiger partial charge is 0.303 e. The normalized spacial score (nSPS) is 19.8. The topological polar surface area (TPSA) is 75.6 Å². The highest BCUT2D eigenvalue weighted by Gasteiger charge is 2.21. The van der Waals surface area contributed by atoms with Gasteiger partial charge in [0, 0.05) is 12.3 Å². The van der Waals surface area contributed by atoms with Crippen LogP contribution in [-0.2, 0) is 14.3 Å². The minimum atomic E-state index is -0.808. The number of benzene rings is 1. The van der Waals surface area contributed by atoms with Crippen LogP contribution in [0.5, 0.6) is 0 Å². The number of amides is 1. The van der Waals surface area contributed by atoms with E-state index in [1.807, 2.05) is 31.2 Å². The number of carbonyl (C=O) groups excluding carboxylic acids is 1. The van der Waals surface area contributed by atoms with Gasteiger partial charge in [-0.2, -0.15) is 0 Å². The van der Waals surface area contributed by atoms with Crippen LogP contribution in [0.15, 0.2) is 24.3 Å². The summed E-state index contributed by atoms with van der Waals surface area (Å²) in [4.78, 5) is 22.8. The lowest BCUT2D eigenvalue weighted by Gasteiger charge is -2.21. The van der Waals surface area contributed by atoms with Crippen molar-refractivity contribution in [3.8, 4) is 0 Å². The van der Waals surface area contributed by atoms with Crippen molar-refractivity contribution in [3.05, 3.63) is 29.8 Å². The minimum Gasteiger partial charge on any atom is -0.481 e. The zero-order valence-electron chi connectivity index (χ0n) is 12.2. The molecule has 1 saturated heterocycles. The van der Waals surface area contributed by atoms with Gasteiger partial charge in [-0.25, -0.2) is 0 Å². The van der Waals surface area contributed by atoms with E-state index in [0.29, 0.717) is 6.61 Å². The Morgan fingerprint density at radius 3 is 2.67 bits per heavy atom. The van der Waals surface area contributed by atoms with E-state index in [4.69, 9.17) is 9.84 Å². The third-order valence-corrected chi connectivity index (χ3v) is 3.76. The quantitative estimate of drug-likeness (QED) is 0.874. The first-order valence-corrected chi connectivity index (χ1v) is 7.26. The summed E-state index contributed by atoms with van der Waals surface area (Å²) in [6.07, 6.45) is 1.88. The van der Waals surface area contributed by atoms with E-state index in [9.17, 15) is 9.59 Å². The van der Waals surface area contributed by atoms with Crippen LogP contribution in [-0.4, -0.2) is 30.2 Å². The summed E-state index contributed by atoms with van der Waals surface area (Å²) in [5.41, 5.74) is 1.69. The maximum Gasteiger partial charge on any atom is 0.303 e. The maximum atomic E-state index is 12.1. The molecule has 1 aromatic rings. The average Bonchev–Trinajstić information content (AvgIpc) is 2.48. The monoisotopic (exact) mass is 291 g/mol. The number of ether oxygens (including phenoxy) is 1. The Hall–Kier alpha value is -1.88. The number of hydrogen-bond donors (Lipinski definition) is 2. The van der Waals surface area contributed by atoms with Crippen molar-refractivity contribution < 1.29 is 19.4 Å². The second-order valence-corrected chi connectivity index (χ2v) is 5.52. The number of aliphatic carboxylic acids is 1. The number of carboxylic acids is 1. The second-order valence-electron chi connectivity index (χ2n) is 5.52. The Balaban J connectivity index is 1.92. The van der Waals surface area contributed by atoms with E-state index in [0.717, 1.165) is 30.7 Å². The molecule has 0 aromatic heterocycles. The number of carbonyl (C=O) groups is 2. The van der Waals surface area contributed by atoms with Gasteiger partial charge in [0.25, 0.3) is 0 Å². The van der Waals surface area contributed by atoms with Crippen LogP contribution >= 0.6 is 0 Å². The molecule has 5 nitrogen and oxygen atoms in total. The van der Waals surface area contributed by atoms with Crippen molar-refractivity contribution in [2.24, 2.45) is 5.92 Å². The van der Waals surface area contributed by atoms with Crippen molar-refractivity contribution in [1.82, 2.24) is 0 Å². The van der Waals surface area contributed by atoms with E-state index in [1.54, 1.807) is 0 Å². The highest BCUT2D eigenvalue weighted by atomic mass is 16.5. The number of anilines is 1. The van der Waals surface area contributed by atoms with Crippen LogP contribution in [0.3, 0.4) is 0 Å². The Morgan fingerprint density at radius 2 is 2.10 bits per heavy atom. The standard InChI is InChI=1S/C16H21NO4/c1-11(9-15(18)19)12-4-6-14(7-5-12)17-16(20)13-3-2-8-21-10-13/h4-7,11,13H,2-3,8-10H2,1H3,(H,17,20)(H,18,19). The van der Waals surface area contributed by atoms with Gasteiger partial charge in [-0.15, -0.1) is 0 Å². The van der Waals surface area contributed by atoms with Gasteiger partial charge in [-0.1, -0.05) is 19.1 Å². The summed E-state index contributed by atoms with van der Waals surface area (Å²) >= 11 is 0. The highest BCUT2D eigenvalue weighted by Crippen LogP contribution is 2.22. The molecule has 2 N–H and O–H groups in total. The molecule has 0 bridgehead atoms. The zero-order valence-corrected chi connectivity index (χ0v) is 12.2. The Bertz CT molecular complexity index is 492. The number of nitrogens with one attached hydrogen (secondary N) is 1. The van der Waals surface area contributed by atoms with Crippen LogP contribution < -0.4 is 5.32 Å². The molecule has 21 heavy (non-hydrogen) atoms. The van der Waals surface area contributed by atoms with E-state index >= 15 is 0 Å². The summed E-state index contributed by atoms with van der Waals surface area (Å²) in [6.45, 7) is 3.10.